The highest BCUT2D eigenvalue weighted by atomic mass is 79.9. The molecule has 0 saturated heterocycles. The molecular formula is C9H7BrN4S. The Balaban J connectivity index is 2.96. The summed E-state index contributed by atoms with van der Waals surface area (Å²) in [6.07, 6.45) is 1.49. The van der Waals surface area contributed by atoms with Gasteiger partial charge in [-0.1, -0.05) is 12.1 Å². The molecule has 0 aromatic heterocycles. The SMILES string of the molecule is N#Cc1c(Br)cccc1C=NNC(N)=S. The lowest BCUT2D eigenvalue weighted by atomic mass is 10.1. The van der Waals surface area contributed by atoms with Crippen molar-refractivity contribution in [2.75, 3.05) is 0 Å². The number of nitrogens with one attached hydrogen (secondary N) is 1. The summed E-state index contributed by atoms with van der Waals surface area (Å²) in [6.45, 7) is 0. The summed E-state index contributed by atoms with van der Waals surface area (Å²) in [5, 5.41) is 12.8. The molecule has 0 fully saturated rings. The minimum atomic E-state index is 0.0831. The van der Waals surface area contributed by atoms with Crippen molar-refractivity contribution in [1.29, 1.82) is 5.26 Å². The van der Waals surface area contributed by atoms with E-state index in [1.807, 2.05) is 6.07 Å². The van der Waals surface area contributed by atoms with E-state index in [1.54, 1.807) is 12.1 Å². The lowest BCUT2D eigenvalue weighted by molar-refractivity contribution is 1.04. The standard InChI is InChI=1S/C9H7BrN4S/c10-8-3-1-2-6(7(8)4-11)5-13-14-9(12)15/h1-3,5H,(H3,12,14,15). The minimum absolute atomic E-state index is 0.0831. The van der Waals surface area contributed by atoms with E-state index in [0.29, 0.717) is 11.1 Å². The van der Waals surface area contributed by atoms with Crippen LogP contribution in [0, 0.1) is 11.3 Å². The third-order valence-electron chi connectivity index (χ3n) is 1.54. The first-order valence-corrected chi connectivity index (χ1v) is 5.12. The van der Waals surface area contributed by atoms with E-state index < -0.39 is 0 Å². The van der Waals surface area contributed by atoms with Gasteiger partial charge in [-0.2, -0.15) is 10.4 Å². The number of nitrogens with two attached hydrogens (primary N) is 1. The average Bonchev–Trinajstić information content (AvgIpc) is 2.17. The van der Waals surface area contributed by atoms with E-state index >= 15 is 0 Å². The van der Waals surface area contributed by atoms with Crippen molar-refractivity contribution in [2.24, 2.45) is 10.8 Å². The zero-order chi connectivity index (χ0) is 11.3. The minimum Gasteiger partial charge on any atom is -0.375 e. The Labute approximate surface area is 101 Å². The van der Waals surface area contributed by atoms with Crippen LogP contribution in [0.2, 0.25) is 0 Å². The van der Waals surface area contributed by atoms with Crippen LogP contribution in [-0.2, 0) is 0 Å². The molecule has 3 N–H and O–H groups in total. The van der Waals surface area contributed by atoms with Crippen molar-refractivity contribution in [3.8, 4) is 6.07 Å². The van der Waals surface area contributed by atoms with Gasteiger partial charge in [0.25, 0.3) is 0 Å². The number of halogens is 1. The smallest absolute Gasteiger partial charge is 0.184 e. The normalized spacial score (nSPS) is 9.87. The van der Waals surface area contributed by atoms with E-state index in [0.717, 1.165) is 4.47 Å². The van der Waals surface area contributed by atoms with Gasteiger partial charge < -0.3 is 5.73 Å². The van der Waals surface area contributed by atoms with E-state index in [1.165, 1.54) is 6.21 Å². The van der Waals surface area contributed by atoms with Crippen LogP contribution in [0.3, 0.4) is 0 Å². The predicted octanol–water partition coefficient (Wildman–Crippen LogP) is 1.49. The predicted molar refractivity (Wildman–Crippen MR) is 66.4 cm³/mol. The Morgan fingerprint density at radius 2 is 2.40 bits per heavy atom. The molecule has 0 unspecified atom stereocenters. The lowest BCUT2D eigenvalue weighted by Gasteiger charge is -1.99. The summed E-state index contributed by atoms with van der Waals surface area (Å²) in [5.74, 6) is 0. The van der Waals surface area contributed by atoms with E-state index in [2.05, 4.69) is 44.7 Å². The van der Waals surface area contributed by atoms with Crippen LogP contribution in [0.25, 0.3) is 0 Å². The molecule has 0 bridgehead atoms. The maximum Gasteiger partial charge on any atom is 0.184 e. The van der Waals surface area contributed by atoms with Crippen LogP contribution < -0.4 is 11.2 Å². The van der Waals surface area contributed by atoms with E-state index in [-0.39, 0.29) is 5.11 Å². The third-order valence-corrected chi connectivity index (χ3v) is 2.29. The van der Waals surface area contributed by atoms with Crippen molar-refractivity contribution in [3.63, 3.8) is 0 Å². The fourth-order valence-corrected chi connectivity index (χ4v) is 1.45. The Morgan fingerprint density at radius 3 is 3.00 bits per heavy atom. The zero-order valence-electron chi connectivity index (χ0n) is 7.57. The molecule has 4 nitrogen and oxygen atoms in total. The lowest BCUT2D eigenvalue weighted by Crippen LogP contribution is -2.24. The van der Waals surface area contributed by atoms with Gasteiger partial charge in [-0.25, -0.2) is 0 Å². The molecule has 15 heavy (non-hydrogen) atoms. The van der Waals surface area contributed by atoms with Crippen molar-refractivity contribution < 1.29 is 0 Å². The molecule has 0 aliphatic heterocycles. The number of rotatable bonds is 2. The van der Waals surface area contributed by atoms with Gasteiger partial charge in [0, 0.05) is 10.0 Å². The molecule has 0 heterocycles. The number of nitriles is 1. The van der Waals surface area contributed by atoms with Gasteiger partial charge in [0.05, 0.1) is 11.8 Å². The summed E-state index contributed by atoms with van der Waals surface area (Å²) in [7, 11) is 0. The van der Waals surface area contributed by atoms with Crippen LogP contribution in [0.5, 0.6) is 0 Å². The summed E-state index contributed by atoms with van der Waals surface area (Å²) in [4.78, 5) is 0. The summed E-state index contributed by atoms with van der Waals surface area (Å²) in [5.41, 5.74) is 8.82. The van der Waals surface area contributed by atoms with E-state index in [4.69, 9.17) is 11.0 Å². The highest BCUT2D eigenvalue weighted by Gasteiger charge is 2.02. The number of thiocarbonyl (C=S) groups is 1. The molecule has 76 valence electrons. The zero-order valence-corrected chi connectivity index (χ0v) is 9.97. The molecule has 0 aliphatic rings. The van der Waals surface area contributed by atoms with Gasteiger partial charge >= 0.3 is 0 Å². The maximum atomic E-state index is 8.90. The monoisotopic (exact) mass is 282 g/mol. The maximum absolute atomic E-state index is 8.90. The molecule has 0 aliphatic carbocycles. The van der Waals surface area contributed by atoms with Gasteiger partial charge in [0.15, 0.2) is 5.11 Å². The van der Waals surface area contributed by atoms with Crippen molar-refractivity contribution >= 4 is 39.5 Å². The number of hydrogen-bond acceptors (Lipinski definition) is 3. The Bertz CT molecular complexity index is 450. The molecule has 0 radical (unpaired) electrons. The Hall–Kier alpha value is -1.45. The molecule has 0 atom stereocenters. The first kappa shape index (κ1) is 11.6. The van der Waals surface area contributed by atoms with Crippen LogP contribution >= 0.6 is 28.1 Å². The molecule has 0 saturated carbocycles. The van der Waals surface area contributed by atoms with Crippen molar-refractivity contribution in [3.05, 3.63) is 33.8 Å². The van der Waals surface area contributed by atoms with Crippen LogP contribution in [0.4, 0.5) is 0 Å². The van der Waals surface area contributed by atoms with Crippen LogP contribution in [0.1, 0.15) is 11.1 Å². The number of benzene rings is 1. The quantitative estimate of drug-likeness (QED) is 0.490. The van der Waals surface area contributed by atoms with Crippen molar-refractivity contribution in [1.82, 2.24) is 5.43 Å². The average molecular weight is 283 g/mol. The molecule has 0 amide bonds. The molecule has 1 rings (SSSR count). The van der Waals surface area contributed by atoms with Crippen LogP contribution in [0.15, 0.2) is 27.8 Å². The first-order valence-electron chi connectivity index (χ1n) is 3.92. The fraction of sp³-hybridized carbons (Fsp3) is 0. The highest BCUT2D eigenvalue weighted by molar-refractivity contribution is 9.10. The van der Waals surface area contributed by atoms with Gasteiger partial charge in [-0.3, -0.25) is 5.43 Å². The third kappa shape index (κ3) is 3.31. The molecule has 0 spiro atoms. The van der Waals surface area contributed by atoms with Crippen LogP contribution in [-0.4, -0.2) is 11.3 Å². The molecule has 6 heteroatoms. The van der Waals surface area contributed by atoms with Gasteiger partial charge in [0.1, 0.15) is 6.07 Å². The summed E-state index contributed by atoms with van der Waals surface area (Å²) < 4.78 is 0.726. The summed E-state index contributed by atoms with van der Waals surface area (Å²) >= 11 is 7.85. The molecule has 1 aromatic carbocycles. The topological polar surface area (TPSA) is 74.2 Å². The number of hydrazone groups is 1. The Kier molecular flexibility index (Phi) is 4.21. The van der Waals surface area contributed by atoms with E-state index in [9.17, 15) is 0 Å². The summed E-state index contributed by atoms with van der Waals surface area (Å²) in [6, 6.07) is 7.44. The highest BCUT2D eigenvalue weighted by Crippen LogP contribution is 2.18. The molecule has 1 aromatic rings. The fourth-order valence-electron chi connectivity index (χ4n) is 0.932. The van der Waals surface area contributed by atoms with Gasteiger partial charge in [-0.05, 0) is 34.2 Å². The second-order valence-corrected chi connectivity index (χ2v) is 3.84. The number of hydrogen-bond donors (Lipinski definition) is 2. The molecular weight excluding hydrogens is 276 g/mol. The number of nitrogens with zero attached hydrogens (tertiary/aromatic N) is 2. The Morgan fingerprint density at radius 1 is 1.67 bits per heavy atom. The van der Waals surface area contributed by atoms with Gasteiger partial charge in [0.2, 0.25) is 0 Å². The van der Waals surface area contributed by atoms with Gasteiger partial charge in [-0.15, -0.1) is 0 Å². The first-order chi connectivity index (χ1) is 7.15. The largest absolute Gasteiger partial charge is 0.375 e. The second kappa shape index (κ2) is 5.44. The second-order valence-electron chi connectivity index (χ2n) is 2.55. The van der Waals surface area contributed by atoms with Crippen molar-refractivity contribution in [2.45, 2.75) is 0 Å².